The number of carbonyl (C=O) groups is 1. The van der Waals surface area contributed by atoms with Gasteiger partial charge in [0, 0.05) is 3.57 Å². The predicted octanol–water partition coefficient (Wildman–Crippen LogP) is 1.17. The van der Waals surface area contributed by atoms with Crippen LogP contribution in [-0.4, -0.2) is 5.91 Å². The number of nitrogens with one attached hydrogen (secondary N) is 1. The molecule has 0 spiro atoms. The molecule has 1 amide bonds. The minimum atomic E-state index is -1.19. The van der Waals surface area contributed by atoms with Gasteiger partial charge in [-0.2, -0.15) is 0 Å². The lowest BCUT2D eigenvalue weighted by Crippen LogP contribution is -2.31. The molecule has 0 radical (unpaired) electrons. The lowest BCUT2D eigenvalue weighted by molar-refractivity contribution is 0.0947. The molecule has 1 rings (SSSR count). The van der Waals surface area contributed by atoms with E-state index in [1.807, 2.05) is 0 Å². The Morgan fingerprint density at radius 3 is 2.62 bits per heavy atom. The summed E-state index contributed by atoms with van der Waals surface area (Å²) in [6, 6.07) is 2.24. The van der Waals surface area contributed by atoms with Gasteiger partial charge in [-0.15, -0.1) is 0 Å². The first kappa shape index (κ1) is 10.3. The SMILES string of the molecule is NNC(=O)c1c(I)ccc(F)c1F. The number of amides is 1. The van der Waals surface area contributed by atoms with Gasteiger partial charge < -0.3 is 0 Å². The first-order chi connectivity index (χ1) is 6.07. The van der Waals surface area contributed by atoms with Crippen molar-refractivity contribution in [1.82, 2.24) is 5.43 Å². The van der Waals surface area contributed by atoms with Crippen molar-refractivity contribution in [1.29, 1.82) is 0 Å². The predicted molar refractivity (Wildman–Crippen MR) is 50.7 cm³/mol. The van der Waals surface area contributed by atoms with Crippen LogP contribution in [0.5, 0.6) is 0 Å². The molecule has 13 heavy (non-hydrogen) atoms. The zero-order valence-corrected chi connectivity index (χ0v) is 8.43. The Morgan fingerprint density at radius 1 is 1.46 bits per heavy atom. The van der Waals surface area contributed by atoms with Gasteiger partial charge in [-0.1, -0.05) is 0 Å². The maximum Gasteiger partial charge on any atom is 0.269 e. The summed E-state index contributed by atoms with van der Waals surface area (Å²) in [7, 11) is 0. The fraction of sp³-hybridized carbons (Fsp3) is 0. The van der Waals surface area contributed by atoms with Crippen LogP contribution in [0.2, 0.25) is 0 Å². The summed E-state index contributed by atoms with van der Waals surface area (Å²) >= 11 is 1.72. The molecule has 0 heterocycles. The number of hydrogen-bond donors (Lipinski definition) is 2. The van der Waals surface area contributed by atoms with Crippen LogP contribution in [0.4, 0.5) is 8.78 Å². The normalized spacial score (nSPS) is 9.85. The Bertz CT molecular complexity index is 357. The number of nitrogen functional groups attached to an aromatic ring is 1. The highest BCUT2D eigenvalue weighted by Crippen LogP contribution is 2.18. The van der Waals surface area contributed by atoms with E-state index >= 15 is 0 Å². The van der Waals surface area contributed by atoms with Gasteiger partial charge in [-0.25, -0.2) is 14.6 Å². The summed E-state index contributed by atoms with van der Waals surface area (Å²) in [5.41, 5.74) is 1.37. The van der Waals surface area contributed by atoms with Crippen LogP contribution in [-0.2, 0) is 0 Å². The van der Waals surface area contributed by atoms with Crippen LogP contribution < -0.4 is 11.3 Å². The van der Waals surface area contributed by atoms with Crippen LogP contribution in [0.3, 0.4) is 0 Å². The van der Waals surface area contributed by atoms with Gasteiger partial charge in [0.25, 0.3) is 5.91 Å². The Labute approximate surface area is 86.4 Å². The Morgan fingerprint density at radius 2 is 2.08 bits per heavy atom. The first-order valence-electron chi connectivity index (χ1n) is 3.22. The summed E-state index contributed by atoms with van der Waals surface area (Å²) in [6.07, 6.45) is 0. The van der Waals surface area contributed by atoms with Gasteiger partial charge in [0.05, 0.1) is 5.56 Å². The van der Waals surface area contributed by atoms with Crippen molar-refractivity contribution in [3.8, 4) is 0 Å². The standard InChI is InChI=1S/C7H5F2IN2O/c8-3-1-2-4(10)5(6(3)9)7(13)12-11/h1-2H,11H2,(H,12,13). The van der Waals surface area contributed by atoms with Gasteiger partial charge in [0.1, 0.15) is 0 Å². The van der Waals surface area contributed by atoms with E-state index in [1.54, 1.807) is 28.0 Å². The summed E-state index contributed by atoms with van der Waals surface area (Å²) in [6.45, 7) is 0. The first-order valence-corrected chi connectivity index (χ1v) is 4.30. The van der Waals surface area contributed by atoms with E-state index in [2.05, 4.69) is 0 Å². The van der Waals surface area contributed by atoms with E-state index in [9.17, 15) is 13.6 Å². The third kappa shape index (κ3) is 1.94. The van der Waals surface area contributed by atoms with E-state index in [-0.39, 0.29) is 5.56 Å². The molecule has 6 heteroatoms. The van der Waals surface area contributed by atoms with Crippen LogP contribution >= 0.6 is 22.6 Å². The molecule has 3 nitrogen and oxygen atoms in total. The van der Waals surface area contributed by atoms with Gasteiger partial charge >= 0.3 is 0 Å². The molecule has 0 fully saturated rings. The fourth-order valence-electron chi connectivity index (χ4n) is 0.807. The molecule has 0 aliphatic rings. The lowest BCUT2D eigenvalue weighted by Gasteiger charge is -2.04. The molecule has 0 aromatic heterocycles. The van der Waals surface area contributed by atoms with Gasteiger partial charge in [0.2, 0.25) is 0 Å². The second-order valence-corrected chi connectivity index (χ2v) is 3.35. The number of hydrazine groups is 1. The molecule has 70 valence electrons. The van der Waals surface area contributed by atoms with Crippen LogP contribution in [0.1, 0.15) is 10.4 Å². The second-order valence-electron chi connectivity index (χ2n) is 2.19. The number of halogens is 3. The maximum absolute atomic E-state index is 13.0. The number of nitrogens with two attached hydrogens (primary N) is 1. The van der Waals surface area contributed by atoms with Gasteiger partial charge in [-0.05, 0) is 34.7 Å². The van der Waals surface area contributed by atoms with Crippen LogP contribution in [0.25, 0.3) is 0 Å². The van der Waals surface area contributed by atoms with Gasteiger partial charge in [-0.3, -0.25) is 10.2 Å². The minimum Gasteiger partial charge on any atom is -0.290 e. The summed E-state index contributed by atoms with van der Waals surface area (Å²) in [4.78, 5) is 11.0. The Hall–Kier alpha value is -0.760. The van der Waals surface area contributed by atoms with Crippen molar-refractivity contribution in [2.45, 2.75) is 0 Å². The number of benzene rings is 1. The third-order valence-corrected chi connectivity index (χ3v) is 2.30. The van der Waals surface area contributed by atoms with Crippen molar-refractivity contribution in [2.24, 2.45) is 5.84 Å². The molecule has 0 atom stereocenters. The maximum atomic E-state index is 13.0. The molecule has 0 aliphatic carbocycles. The molecule has 3 N–H and O–H groups in total. The molecule has 1 aromatic rings. The quantitative estimate of drug-likeness (QED) is 0.269. The topological polar surface area (TPSA) is 55.1 Å². The monoisotopic (exact) mass is 298 g/mol. The summed E-state index contributed by atoms with van der Waals surface area (Å²) in [5.74, 6) is 1.70. The lowest BCUT2D eigenvalue weighted by atomic mass is 10.2. The number of hydrogen-bond acceptors (Lipinski definition) is 2. The molecule has 0 unspecified atom stereocenters. The highest BCUT2D eigenvalue weighted by molar-refractivity contribution is 14.1. The molecular formula is C7H5F2IN2O. The molecule has 0 saturated carbocycles. The van der Waals surface area contributed by atoms with E-state index in [1.165, 1.54) is 6.07 Å². The Kier molecular flexibility index (Phi) is 3.15. The van der Waals surface area contributed by atoms with Crippen molar-refractivity contribution in [3.63, 3.8) is 0 Å². The average molecular weight is 298 g/mol. The van der Waals surface area contributed by atoms with Crippen LogP contribution in [0.15, 0.2) is 12.1 Å². The largest absolute Gasteiger partial charge is 0.290 e. The molecule has 0 saturated heterocycles. The average Bonchev–Trinajstić information content (AvgIpc) is 2.12. The van der Waals surface area contributed by atoms with E-state index in [4.69, 9.17) is 5.84 Å². The molecule has 1 aromatic carbocycles. The Balaban J connectivity index is 3.33. The molecular weight excluding hydrogens is 293 g/mol. The minimum absolute atomic E-state index is 0.305. The fourth-order valence-corrected chi connectivity index (χ4v) is 1.47. The highest BCUT2D eigenvalue weighted by atomic mass is 127. The van der Waals surface area contributed by atoms with E-state index in [0.717, 1.165) is 6.07 Å². The van der Waals surface area contributed by atoms with Gasteiger partial charge in [0.15, 0.2) is 11.6 Å². The number of carbonyl (C=O) groups excluding carboxylic acids is 1. The second kappa shape index (κ2) is 3.97. The molecule has 0 bridgehead atoms. The molecule has 0 aliphatic heterocycles. The highest BCUT2D eigenvalue weighted by Gasteiger charge is 2.17. The third-order valence-electron chi connectivity index (χ3n) is 1.40. The van der Waals surface area contributed by atoms with Crippen molar-refractivity contribution in [2.75, 3.05) is 0 Å². The smallest absolute Gasteiger partial charge is 0.269 e. The van der Waals surface area contributed by atoms with Crippen molar-refractivity contribution < 1.29 is 13.6 Å². The zero-order valence-electron chi connectivity index (χ0n) is 6.27. The summed E-state index contributed by atoms with van der Waals surface area (Å²) < 4.78 is 26.0. The van der Waals surface area contributed by atoms with Crippen molar-refractivity contribution >= 4 is 28.5 Å². The van der Waals surface area contributed by atoms with Crippen LogP contribution in [0, 0.1) is 15.2 Å². The summed E-state index contributed by atoms with van der Waals surface area (Å²) in [5, 5.41) is 0. The van der Waals surface area contributed by atoms with E-state index in [0.29, 0.717) is 3.57 Å². The zero-order chi connectivity index (χ0) is 10.0. The number of rotatable bonds is 1. The van der Waals surface area contributed by atoms with E-state index < -0.39 is 17.5 Å². The van der Waals surface area contributed by atoms with Crippen molar-refractivity contribution in [3.05, 3.63) is 32.9 Å².